The number of hydrogen-bond donors (Lipinski definition) is 1. The summed E-state index contributed by atoms with van der Waals surface area (Å²) in [5.41, 5.74) is 2.29. The van der Waals surface area contributed by atoms with E-state index in [2.05, 4.69) is 24.0 Å². The lowest BCUT2D eigenvalue weighted by atomic mass is 10.2. The zero-order valence-corrected chi connectivity index (χ0v) is 11.7. The van der Waals surface area contributed by atoms with E-state index in [0.29, 0.717) is 12.7 Å². The molecule has 0 aliphatic carbocycles. The monoisotopic (exact) mass is 261 g/mol. The molecule has 0 radical (unpaired) electrons. The van der Waals surface area contributed by atoms with Crippen molar-refractivity contribution < 1.29 is 9.47 Å². The van der Waals surface area contributed by atoms with Crippen molar-refractivity contribution in [1.29, 1.82) is 0 Å². The average Bonchev–Trinajstić information content (AvgIpc) is 2.91. The maximum Gasteiger partial charge on any atom is 0.119 e. The van der Waals surface area contributed by atoms with Crippen LogP contribution in [0.4, 0.5) is 0 Å². The Kier molecular flexibility index (Phi) is 5.43. The second-order valence-electron chi connectivity index (χ2n) is 5.16. The zero-order valence-electron chi connectivity index (χ0n) is 11.7. The number of ether oxygens (including phenoxy) is 2. The standard InChI is InChI=1S/C16H23NO2/c1-13(2)12-19-15-7-5-14(6-8-15)10-17-11-16-4-3-9-18-16/h5-8,16-17H,1,3-4,9-12H2,2H3. The molecule has 2 rings (SSSR count). The van der Waals surface area contributed by atoms with Crippen molar-refractivity contribution in [3.8, 4) is 5.75 Å². The lowest BCUT2D eigenvalue weighted by Crippen LogP contribution is -2.25. The Bertz CT molecular complexity index is 394. The number of nitrogens with one attached hydrogen (secondary N) is 1. The van der Waals surface area contributed by atoms with Gasteiger partial charge in [-0.3, -0.25) is 0 Å². The first kappa shape index (κ1) is 14.1. The summed E-state index contributed by atoms with van der Waals surface area (Å²) in [5.74, 6) is 0.894. The van der Waals surface area contributed by atoms with Crippen LogP contribution in [0.1, 0.15) is 25.3 Å². The van der Waals surface area contributed by atoms with Crippen LogP contribution in [0, 0.1) is 0 Å². The van der Waals surface area contributed by atoms with Gasteiger partial charge in [0.05, 0.1) is 6.10 Å². The van der Waals surface area contributed by atoms with Crippen molar-refractivity contribution in [2.75, 3.05) is 19.8 Å². The van der Waals surface area contributed by atoms with E-state index in [9.17, 15) is 0 Å². The number of hydrogen-bond acceptors (Lipinski definition) is 3. The minimum atomic E-state index is 0.401. The van der Waals surface area contributed by atoms with Crippen molar-refractivity contribution in [2.24, 2.45) is 0 Å². The first-order valence-electron chi connectivity index (χ1n) is 6.92. The van der Waals surface area contributed by atoms with Crippen LogP contribution in [0.25, 0.3) is 0 Å². The first-order chi connectivity index (χ1) is 9.24. The molecule has 1 fully saturated rings. The third-order valence-electron chi connectivity index (χ3n) is 3.13. The first-order valence-corrected chi connectivity index (χ1v) is 6.92. The zero-order chi connectivity index (χ0) is 13.5. The molecule has 1 heterocycles. The average molecular weight is 261 g/mol. The molecule has 1 saturated heterocycles. The minimum Gasteiger partial charge on any atom is -0.489 e. The van der Waals surface area contributed by atoms with Gasteiger partial charge in [-0.15, -0.1) is 0 Å². The molecule has 1 aromatic carbocycles. The fraction of sp³-hybridized carbons (Fsp3) is 0.500. The lowest BCUT2D eigenvalue weighted by molar-refractivity contribution is 0.110. The summed E-state index contributed by atoms with van der Waals surface area (Å²) in [6.07, 6.45) is 2.78. The fourth-order valence-corrected chi connectivity index (χ4v) is 2.09. The highest BCUT2D eigenvalue weighted by Crippen LogP contribution is 2.14. The highest BCUT2D eigenvalue weighted by Gasteiger charge is 2.14. The third kappa shape index (κ3) is 5.05. The van der Waals surface area contributed by atoms with Crippen LogP contribution in [0.3, 0.4) is 0 Å². The molecule has 0 amide bonds. The summed E-state index contributed by atoms with van der Waals surface area (Å²) in [4.78, 5) is 0. The van der Waals surface area contributed by atoms with E-state index < -0.39 is 0 Å². The normalized spacial score (nSPS) is 18.5. The molecule has 19 heavy (non-hydrogen) atoms. The van der Waals surface area contributed by atoms with Crippen LogP contribution in [0.5, 0.6) is 5.75 Å². The quantitative estimate of drug-likeness (QED) is 0.766. The van der Waals surface area contributed by atoms with Crippen LogP contribution >= 0.6 is 0 Å². The van der Waals surface area contributed by atoms with Gasteiger partial charge in [0.15, 0.2) is 0 Å². The van der Waals surface area contributed by atoms with Gasteiger partial charge < -0.3 is 14.8 Å². The third-order valence-corrected chi connectivity index (χ3v) is 3.13. The smallest absolute Gasteiger partial charge is 0.119 e. The van der Waals surface area contributed by atoms with E-state index in [1.807, 2.05) is 19.1 Å². The van der Waals surface area contributed by atoms with Gasteiger partial charge in [-0.25, -0.2) is 0 Å². The van der Waals surface area contributed by atoms with Gasteiger partial charge in [-0.05, 0) is 43.0 Å². The molecule has 1 atom stereocenters. The predicted molar refractivity (Wildman–Crippen MR) is 77.4 cm³/mol. The Morgan fingerprint density at radius 3 is 2.84 bits per heavy atom. The summed E-state index contributed by atoms with van der Waals surface area (Å²) in [6, 6.07) is 8.20. The minimum absolute atomic E-state index is 0.401. The fourth-order valence-electron chi connectivity index (χ4n) is 2.09. The second-order valence-corrected chi connectivity index (χ2v) is 5.16. The van der Waals surface area contributed by atoms with Crippen molar-refractivity contribution in [2.45, 2.75) is 32.4 Å². The Balaban J connectivity index is 1.70. The van der Waals surface area contributed by atoms with Crippen molar-refractivity contribution >= 4 is 0 Å². The van der Waals surface area contributed by atoms with Crippen molar-refractivity contribution in [3.05, 3.63) is 42.0 Å². The molecule has 1 aliphatic heterocycles. The maximum atomic E-state index is 5.57. The molecule has 104 valence electrons. The summed E-state index contributed by atoms with van der Waals surface area (Å²) in [5, 5.41) is 3.43. The van der Waals surface area contributed by atoms with Crippen LogP contribution in [0.2, 0.25) is 0 Å². The Morgan fingerprint density at radius 1 is 1.42 bits per heavy atom. The molecule has 3 heteroatoms. The second kappa shape index (κ2) is 7.31. The maximum absolute atomic E-state index is 5.57. The summed E-state index contributed by atoms with van der Waals surface area (Å²) < 4.78 is 11.1. The van der Waals surface area contributed by atoms with Gasteiger partial charge in [0.25, 0.3) is 0 Å². The Hall–Kier alpha value is -1.32. The highest BCUT2D eigenvalue weighted by atomic mass is 16.5. The lowest BCUT2D eigenvalue weighted by Gasteiger charge is -2.11. The van der Waals surface area contributed by atoms with Crippen LogP contribution in [0.15, 0.2) is 36.4 Å². The summed E-state index contributed by atoms with van der Waals surface area (Å²) in [7, 11) is 0. The van der Waals surface area contributed by atoms with E-state index in [1.54, 1.807) is 0 Å². The number of rotatable bonds is 7. The van der Waals surface area contributed by atoms with Crippen LogP contribution in [-0.2, 0) is 11.3 Å². The van der Waals surface area contributed by atoms with E-state index in [4.69, 9.17) is 9.47 Å². The van der Waals surface area contributed by atoms with Crippen molar-refractivity contribution in [3.63, 3.8) is 0 Å². The van der Waals surface area contributed by atoms with Gasteiger partial charge in [-0.2, -0.15) is 0 Å². The molecule has 1 aromatic rings. The Morgan fingerprint density at radius 2 is 2.21 bits per heavy atom. The Labute approximate surface area is 115 Å². The van der Waals surface area contributed by atoms with Gasteiger partial charge in [-0.1, -0.05) is 18.7 Å². The van der Waals surface area contributed by atoms with Crippen LogP contribution in [-0.4, -0.2) is 25.9 Å². The van der Waals surface area contributed by atoms with Gasteiger partial charge in [0, 0.05) is 19.7 Å². The topological polar surface area (TPSA) is 30.5 Å². The molecular formula is C16H23NO2. The van der Waals surface area contributed by atoms with Crippen LogP contribution < -0.4 is 10.1 Å². The summed E-state index contributed by atoms with van der Waals surface area (Å²) >= 11 is 0. The molecule has 1 unspecified atom stereocenters. The SMILES string of the molecule is C=C(C)COc1ccc(CNCC2CCCO2)cc1. The highest BCUT2D eigenvalue weighted by molar-refractivity contribution is 5.27. The largest absolute Gasteiger partial charge is 0.489 e. The molecule has 0 aromatic heterocycles. The molecule has 0 bridgehead atoms. The molecule has 1 aliphatic rings. The van der Waals surface area contributed by atoms with Gasteiger partial charge in [0.1, 0.15) is 12.4 Å². The molecule has 0 saturated carbocycles. The molecule has 3 nitrogen and oxygen atoms in total. The molecule has 0 spiro atoms. The van der Waals surface area contributed by atoms with Crippen molar-refractivity contribution in [1.82, 2.24) is 5.32 Å². The van der Waals surface area contributed by atoms with E-state index in [-0.39, 0.29) is 0 Å². The van der Waals surface area contributed by atoms with Gasteiger partial charge in [0.2, 0.25) is 0 Å². The number of benzene rings is 1. The van der Waals surface area contributed by atoms with E-state index in [1.165, 1.54) is 18.4 Å². The van der Waals surface area contributed by atoms with Gasteiger partial charge >= 0.3 is 0 Å². The predicted octanol–water partition coefficient (Wildman–Crippen LogP) is 2.91. The van der Waals surface area contributed by atoms with E-state index in [0.717, 1.165) is 31.0 Å². The van der Waals surface area contributed by atoms with E-state index >= 15 is 0 Å². The summed E-state index contributed by atoms with van der Waals surface area (Å²) in [6.45, 7) is 9.09. The molecular weight excluding hydrogens is 238 g/mol. The molecule has 1 N–H and O–H groups in total.